The molecule has 0 radical (unpaired) electrons. The summed E-state index contributed by atoms with van der Waals surface area (Å²) in [6.07, 6.45) is 5.51. The first-order valence-electron chi connectivity index (χ1n) is 7.02. The fourth-order valence-corrected chi connectivity index (χ4v) is 4.04. The van der Waals surface area contributed by atoms with Crippen LogP contribution in [0.3, 0.4) is 0 Å². The predicted octanol–water partition coefficient (Wildman–Crippen LogP) is 5.19. The molecule has 1 aromatic heterocycles. The van der Waals surface area contributed by atoms with Gasteiger partial charge >= 0.3 is 0 Å². The largest absolute Gasteiger partial charge is 0.361 e. The molecule has 1 fully saturated rings. The Hall–Kier alpha value is -0.800. The molecule has 1 aliphatic carbocycles. The maximum absolute atomic E-state index is 6.00. The number of anilines is 1. The topological polar surface area (TPSA) is 24.9 Å². The molecule has 0 amide bonds. The van der Waals surface area contributed by atoms with Gasteiger partial charge < -0.3 is 5.32 Å². The maximum atomic E-state index is 6.00. The van der Waals surface area contributed by atoms with Gasteiger partial charge in [-0.3, -0.25) is 0 Å². The third-order valence-electron chi connectivity index (χ3n) is 4.16. The number of nitrogens with zero attached hydrogens (tertiary/aromatic N) is 1. The highest BCUT2D eigenvalue weighted by atomic mass is 35.5. The van der Waals surface area contributed by atoms with Gasteiger partial charge in [0.1, 0.15) is 0 Å². The van der Waals surface area contributed by atoms with Crippen LogP contribution in [-0.2, 0) is 0 Å². The molecular formula is C15H19ClN2S. The molecule has 2 unspecified atom stereocenters. The van der Waals surface area contributed by atoms with E-state index in [2.05, 4.69) is 17.2 Å². The Labute approximate surface area is 123 Å². The lowest BCUT2D eigenvalue weighted by atomic mass is 9.80. The molecule has 0 spiro atoms. The average molecular weight is 295 g/mol. The lowest BCUT2D eigenvalue weighted by Crippen LogP contribution is -2.24. The SMILES string of the molecule is CC1CCCCC1CNc1nc2ccc(Cl)cc2s1. The highest BCUT2D eigenvalue weighted by Crippen LogP contribution is 2.32. The van der Waals surface area contributed by atoms with Gasteiger partial charge in [0.2, 0.25) is 0 Å². The molecule has 1 aromatic carbocycles. The molecule has 2 atom stereocenters. The van der Waals surface area contributed by atoms with Crippen molar-refractivity contribution in [2.24, 2.45) is 11.8 Å². The molecule has 3 rings (SSSR count). The summed E-state index contributed by atoms with van der Waals surface area (Å²) >= 11 is 7.70. The number of aromatic nitrogens is 1. The van der Waals surface area contributed by atoms with E-state index in [1.54, 1.807) is 11.3 Å². The molecule has 4 heteroatoms. The van der Waals surface area contributed by atoms with Gasteiger partial charge in [-0.2, -0.15) is 0 Å². The van der Waals surface area contributed by atoms with Crippen molar-refractivity contribution < 1.29 is 0 Å². The summed E-state index contributed by atoms with van der Waals surface area (Å²) < 4.78 is 1.16. The van der Waals surface area contributed by atoms with Gasteiger partial charge in [-0.05, 0) is 36.5 Å². The molecule has 2 aromatic rings. The number of hydrogen-bond acceptors (Lipinski definition) is 3. The van der Waals surface area contributed by atoms with Gasteiger partial charge in [-0.25, -0.2) is 4.98 Å². The van der Waals surface area contributed by atoms with E-state index in [0.29, 0.717) is 0 Å². The van der Waals surface area contributed by atoms with E-state index in [1.807, 2.05) is 18.2 Å². The van der Waals surface area contributed by atoms with Gasteiger partial charge in [-0.1, -0.05) is 49.1 Å². The van der Waals surface area contributed by atoms with E-state index in [0.717, 1.165) is 38.8 Å². The van der Waals surface area contributed by atoms with E-state index >= 15 is 0 Å². The predicted molar refractivity (Wildman–Crippen MR) is 84.2 cm³/mol. The first-order valence-corrected chi connectivity index (χ1v) is 8.22. The minimum atomic E-state index is 0.781. The number of fused-ring (bicyclic) bond motifs is 1. The van der Waals surface area contributed by atoms with Crippen molar-refractivity contribution in [3.63, 3.8) is 0 Å². The Kier molecular flexibility index (Phi) is 3.94. The molecule has 19 heavy (non-hydrogen) atoms. The Morgan fingerprint density at radius 3 is 3.05 bits per heavy atom. The minimum Gasteiger partial charge on any atom is -0.361 e. The normalized spacial score (nSPS) is 23.7. The molecule has 1 saturated carbocycles. The molecule has 1 aliphatic rings. The van der Waals surface area contributed by atoms with Gasteiger partial charge in [-0.15, -0.1) is 0 Å². The molecule has 2 nitrogen and oxygen atoms in total. The van der Waals surface area contributed by atoms with Crippen molar-refractivity contribution >= 4 is 38.3 Å². The van der Waals surface area contributed by atoms with Crippen molar-refractivity contribution in [3.8, 4) is 0 Å². The number of thiazole rings is 1. The van der Waals surface area contributed by atoms with Crippen LogP contribution >= 0.6 is 22.9 Å². The Morgan fingerprint density at radius 2 is 2.21 bits per heavy atom. The van der Waals surface area contributed by atoms with Crippen molar-refractivity contribution in [2.75, 3.05) is 11.9 Å². The third kappa shape index (κ3) is 3.03. The summed E-state index contributed by atoms with van der Waals surface area (Å²) in [7, 11) is 0. The molecule has 0 saturated heterocycles. The summed E-state index contributed by atoms with van der Waals surface area (Å²) in [5, 5.41) is 5.32. The van der Waals surface area contributed by atoms with Gasteiger partial charge in [0.15, 0.2) is 5.13 Å². The number of halogens is 1. The van der Waals surface area contributed by atoms with Crippen LogP contribution in [0.25, 0.3) is 10.2 Å². The maximum Gasteiger partial charge on any atom is 0.183 e. The lowest BCUT2D eigenvalue weighted by molar-refractivity contribution is 0.268. The molecule has 1 heterocycles. The highest BCUT2D eigenvalue weighted by Gasteiger charge is 2.21. The van der Waals surface area contributed by atoms with E-state index in [9.17, 15) is 0 Å². The van der Waals surface area contributed by atoms with E-state index in [1.165, 1.54) is 25.7 Å². The average Bonchev–Trinajstić information content (AvgIpc) is 2.79. The minimum absolute atomic E-state index is 0.781. The van der Waals surface area contributed by atoms with Gasteiger partial charge in [0.05, 0.1) is 10.2 Å². The fourth-order valence-electron chi connectivity index (χ4n) is 2.89. The highest BCUT2D eigenvalue weighted by molar-refractivity contribution is 7.22. The second kappa shape index (κ2) is 5.68. The third-order valence-corrected chi connectivity index (χ3v) is 5.37. The lowest BCUT2D eigenvalue weighted by Gasteiger charge is -2.28. The summed E-state index contributed by atoms with van der Waals surface area (Å²) in [5.74, 6) is 1.63. The van der Waals surface area contributed by atoms with Gasteiger partial charge in [0.25, 0.3) is 0 Å². The molecule has 1 N–H and O–H groups in total. The van der Waals surface area contributed by atoms with Crippen LogP contribution in [0.4, 0.5) is 5.13 Å². The van der Waals surface area contributed by atoms with Crippen molar-refractivity contribution in [3.05, 3.63) is 23.2 Å². The number of rotatable bonds is 3. The number of nitrogens with one attached hydrogen (secondary N) is 1. The van der Waals surface area contributed by atoms with Crippen LogP contribution in [-0.4, -0.2) is 11.5 Å². The Bertz CT molecular complexity index is 566. The summed E-state index contributed by atoms with van der Waals surface area (Å²) in [4.78, 5) is 4.61. The Balaban J connectivity index is 1.68. The van der Waals surface area contributed by atoms with Crippen LogP contribution in [0.1, 0.15) is 32.6 Å². The molecule has 0 bridgehead atoms. The Morgan fingerprint density at radius 1 is 1.37 bits per heavy atom. The zero-order valence-electron chi connectivity index (χ0n) is 11.2. The summed E-state index contributed by atoms with van der Waals surface area (Å²) in [5.41, 5.74) is 1.04. The second-order valence-corrected chi connectivity index (χ2v) is 7.00. The quantitative estimate of drug-likeness (QED) is 0.843. The van der Waals surface area contributed by atoms with Crippen molar-refractivity contribution in [2.45, 2.75) is 32.6 Å². The first kappa shape index (κ1) is 13.2. The van der Waals surface area contributed by atoms with Gasteiger partial charge in [0, 0.05) is 11.6 Å². The van der Waals surface area contributed by atoms with Crippen LogP contribution in [0.5, 0.6) is 0 Å². The van der Waals surface area contributed by atoms with Crippen LogP contribution in [0, 0.1) is 11.8 Å². The van der Waals surface area contributed by atoms with E-state index in [-0.39, 0.29) is 0 Å². The van der Waals surface area contributed by atoms with E-state index < -0.39 is 0 Å². The van der Waals surface area contributed by atoms with Crippen LogP contribution in [0.15, 0.2) is 18.2 Å². The summed E-state index contributed by atoms with van der Waals surface area (Å²) in [6, 6.07) is 5.88. The van der Waals surface area contributed by atoms with Crippen molar-refractivity contribution in [1.29, 1.82) is 0 Å². The smallest absolute Gasteiger partial charge is 0.183 e. The molecular weight excluding hydrogens is 276 g/mol. The van der Waals surface area contributed by atoms with Crippen LogP contribution in [0.2, 0.25) is 5.02 Å². The number of benzene rings is 1. The fraction of sp³-hybridized carbons (Fsp3) is 0.533. The number of hydrogen-bond donors (Lipinski definition) is 1. The molecule has 0 aliphatic heterocycles. The first-order chi connectivity index (χ1) is 9.22. The monoisotopic (exact) mass is 294 g/mol. The van der Waals surface area contributed by atoms with Crippen LogP contribution < -0.4 is 5.32 Å². The van der Waals surface area contributed by atoms with E-state index in [4.69, 9.17) is 11.6 Å². The second-order valence-electron chi connectivity index (χ2n) is 5.53. The zero-order valence-corrected chi connectivity index (χ0v) is 12.7. The standard InChI is InChI=1S/C15H19ClN2S/c1-10-4-2-3-5-11(10)9-17-15-18-13-7-6-12(16)8-14(13)19-15/h6-8,10-11H,2-5,9H2,1H3,(H,17,18). The van der Waals surface area contributed by atoms with Crippen molar-refractivity contribution in [1.82, 2.24) is 4.98 Å². The molecule has 102 valence electrons. The summed E-state index contributed by atoms with van der Waals surface area (Å²) in [6.45, 7) is 3.43. The zero-order chi connectivity index (χ0) is 13.2.